The van der Waals surface area contributed by atoms with Gasteiger partial charge < -0.3 is 35.8 Å². The second-order valence-corrected chi connectivity index (χ2v) is 14.7. The van der Waals surface area contributed by atoms with Gasteiger partial charge in [-0.15, -0.1) is 6.58 Å². The number of rotatable bonds is 12. The molecule has 0 aromatic rings. The predicted octanol–water partition coefficient (Wildman–Crippen LogP) is 2.89. The average Bonchev–Trinajstić information content (AvgIpc) is 3.36. The fourth-order valence-corrected chi connectivity index (χ4v) is 4.46. The van der Waals surface area contributed by atoms with Crippen LogP contribution in [0.3, 0.4) is 0 Å². The van der Waals surface area contributed by atoms with Gasteiger partial charge in [-0.3, -0.25) is 19.2 Å². The van der Waals surface area contributed by atoms with Crippen LogP contribution in [0.2, 0.25) is 0 Å². The summed E-state index contributed by atoms with van der Waals surface area (Å²) >= 11 is 0. The number of Topliss-reactive ketones (excluding diaryl/α,β-unsaturated/α-hetero) is 1. The van der Waals surface area contributed by atoms with Gasteiger partial charge in [-0.05, 0) is 38.5 Å². The second-order valence-electron chi connectivity index (χ2n) is 14.7. The number of carbonyl (C=O) groups is 6. The van der Waals surface area contributed by atoms with Gasteiger partial charge in [0, 0.05) is 32.3 Å². The van der Waals surface area contributed by atoms with Crippen molar-refractivity contribution in [3.8, 4) is 0 Å². The van der Waals surface area contributed by atoms with Crippen LogP contribution in [-0.2, 0) is 23.9 Å². The molecule has 0 aliphatic carbocycles. The molecule has 0 unspecified atom stereocenters. The quantitative estimate of drug-likeness (QED) is 0.187. The molecule has 1 aliphatic rings. The molecule has 0 aromatic carbocycles. The van der Waals surface area contributed by atoms with E-state index in [1.165, 1.54) is 22.1 Å². The van der Waals surface area contributed by atoms with Crippen LogP contribution in [-0.4, -0.2) is 95.8 Å². The van der Waals surface area contributed by atoms with Gasteiger partial charge in [0.15, 0.2) is 0 Å². The number of hydrogen-bond acceptors (Lipinski definition) is 7. The Kier molecular flexibility index (Phi) is 13.8. The van der Waals surface area contributed by atoms with Crippen LogP contribution in [0, 0.1) is 16.7 Å². The Bertz CT molecular complexity index is 1220. The first-order chi connectivity index (χ1) is 20.9. The van der Waals surface area contributed by atoms with Crippen molar-refractivity contribution in [3.63, 3.8) is 0 Å². The van der Waals surface area contributed by atoms with Gasteiger partial charge >= 0.3 is 12.1 Å². The van der Waals surface area contributed by atoms with Gasteiger partial charge in [0.05, 0.1) is 12.6 Å². The fourth-order valence-electron chi connectivity index (χ4n) is 4.46. The topological polar surface area (TPSA) is 166 Å². The van der Waals surface area contributed by atoms with Gasteiger partial charge in [-0.25, -0.2) is 9.59 Å². The summed E-state index contributed by atoms with van der Waals surface area (Å²) in [7, 11) is 1.58. The molecule has 13 nitrogen and oxygen atoms in total. The number of ketones is 1. The molecule has 0 radical (unpaired) electrons. The van der Waals surface area contributed by atoms with E-state index in [2.05, 4.69) is 34.4 Å². The molecule has 1 heterocycles. The molecule has 1 rings (SSSR count). The Hall–Kier alpha value is -4.16. The zero-order valence-electron chi connectivity index (χ0n) is 29.3. The minimum atomic E-state index is -1.10. The molecular weight excluding hydrogens is 592 g/mol. The summed E-state index contributed by atoms with van der Waals surface area (Å²) in [4.78, 5) is 80.3. The Balaban J connectivity index is 3.19. The number of likely N-dealkylation sites (N-methyl/N-ethyl adjacent to an activating group) is 1. The van der Waals surface area contributed by atoms with Crippen molar-refractivity contribution in [2.24, 2.45) is 16.7 Å². The molecule has 258 valence electrons. The first-order valence-electron chi connectivity index (χ1n) is 15.3. The summed E-state index contributed by atoms with van der Waals surface area (Å²) in [5, 5.41) is 10.5. The Morgan fingerprint density at radius 2 is 1.54 bits per heavy atom. The van der Waals surface area contributed by atoms with Crippen molar-refractivity contribution < 1.29 is 33.5 Å². The third-order valence-corrected chi connectivity index (χ3v) is 7.17. The van der Waals surface area contributed by atoms with E-state index in [1.54, 1.807) is 61.6 Å². The molecule has 0 fully saturated rings. The van der Waals surface area contributed by atoms with Crippen molar-refractivity contribution in [2.45, 2.75) is 93.0 Å². The maximum absolute atomic E-state index is 14.1. The smallest absolute Gasteiger partial charge is 0.410 e. The summed E-state index contributed by atoms with van der Waals surface area (Å²) in [6.45, 7) is 25.2. The highest BCUT2D eigenvalue weighted by Gasteiger charge is 2.44. The van der Waals surface area contributed by atoms with E-state index in [9.17, 15) is 28.8 Å². The molecule has 13 heteroatoms. The number of nitrogens with one attached hydrogen (secondary N) is 4. The average molecular weight is 647 g/mol. The van der Waals surface area contributed by atoms with Crippen molar-refractivity contribution in [2.75, 3.05) is 26.7 Å². The van der Waals surface area contributed by atoms with E-state index in [-0.39, 0.29) is 13.1 Å². The van der Waals surface area contributed by atoms with E-state index < -0.39 is 82.6 Å². The van der Waals surface area contributed by atoms with Crippen LogP contribution < -0.4 is 21.3 Å². The minimum Gasteiger partial charge on any atom is -0.444 e. The molecule has 4 N–H and O–H groups in total. The van der Waals surface area contributed by atoms with Crippen molar-refractivity contribution in [1.82, 2.24) is 31.1 Å². The van der Waals surface area contributed by atoms with Crippen molar-refractivity contribution in [3.05, 3.63) is 37.1 Å². The normalized spacial score (nSPS) is 17.7. The van der Waals surface area contributed by atoms with Gasteiger partial charge in [0.25, 0.3) is 5.91 Å². The molecule has 0 spiro atoms. The number of carbonyl (C=O) groups excluding carboxylic acids is 6. The number of hydrogen-bond donors (Lipinski definition) is 4. The molecule has 0 saturated carbocycles. The SMILES string of the molecule is C=CCNC(=O)C(=O)CNC(=O)[C@@H]1[C@@H](C(=C)C)C=CN1C(=O)[C@@H](NC(=O)N[C@H](CN(C)C(=O)OC(C)(C)C)C(C)(C)C)C(C)(C)C. The third-order valence-electron chi connectivity index (χ3n) is 7.17. The molecule has 46 heavy (non-hydrogen) atoms. The maximum atomic E-state index is 14.1. The minimum absolute atomic E-state index is 0.0940. The van der Waals surface area contributed by atoms with E-state index in [0.29, 0.717) is 5.57 Å². The lowest BCUT2D eigenvalue weighted by molar-refractivity contribution is -0.141. The van der Waals surface area contributed by atoms with Gasteiger partial charge in [-0.2, -0.15) is 0 Å². The highest BCUT2D eigenvalue weighted by atomic mass is 16.6. The van der Waals surface area contributed by atoms with Crippen molar-refractivity contribution >= 4 is 35.6 Å². The lowest BCUT2D eigenvalue weighted by Gasteiger charge is -2.38. The highest BCUT2D eigenvalue weighted by molar-refractivity contribution is 6.37. The summed E-state index contributed by atoms with van der Waals surface area (Å²) in [5.74, 6) is -3.52. The molecule has 6 amide bonds. The Labute approximate surface area is 273 Å². The predicted molar refractivity (Wildman–Crippen MR) is 176 cm³/mol. The standard InChI is InChI=1S/C33H54N6O7/c1-14-16-34-26(41)22(40)18-35-27(42)24-21(20(2)3)15-17-39(24)28(43)25(32(7,8)9)37-29(44)36-23(31(4,5)6)19-38(13)30(45)46-33(10,11)12/h14-15,17,21,23-25H,1-2,16,18-19H2,3-13H3,(H,34,41)(H,35,42)(H2,36,37,44)/t21-,23-,24+,25-/m1/s1. The fraction of sp³-hybridized carbons (Fsp3) is 0.636. The Morgan fingerprint density at radius 1 is 0.957 bits per heavy atom. The lowest BCUT2D eigenvalue weighted by atomic mass is 9.85. The van der Waals surface area contributed by atoms with Gasteiger partial charge in [0.1, 0.15) is 17.7 Å². The number of urea groups is 1. The molecular formula is C33H54N6O7. The number of nitrogens with zero attached hydrogens (tertiary/aromatic N) is 2. The molecule has 1 aliphatic heterocycles. The molecule has 0 bridgehead atoms. The number of ether oxygens (including phenoxy) is 1. The zero-order valence-corrected chi connectivity index (χ0v) is 29.3. The molecule has 0 saturated heterocycles. The molecule has 0 aromatic heterocycles. The van der Waals surface area contributed by atoms with Gasteiger partial charge in [0.2, 0.25) is 17.6 Å². The van der Waals surface area contributed by atoms with Gasteiger partial charge in [-0.1, -0.05) is 65.8 Å². The van der Waals surface area contributed by atoms with Crippen LogP contribution in [0.15, 0.2) is 37.1 Å². The third kappa shape index (κ3) is 12.0. The highest BCUT2D eigenvalue weighted by Crippen LogP contribution is 2.31. The monoisotopic (exact) mass is 646 g/mol. The van der Waals surface area contributed by atoms with E-state index in [0.717, 1.165) is 0 Å². The van der Waals surface area contributed by atoms with Crippen molar-refractivity contribution in [1.29, 1.82) is 0 Å². The largest absolute Gasteiger partial charge is 0.444 e. The first kappa shape index (κ1) is 39.9. The zero-order chi connectivity index (χ0) is 35.8. The second kappa shape index (κ2) is 15.9. The summed E-state index contributed by atoms with van der Waals surface area (Å²) in [5.41, 5.74) is -1.37. The van der Waals surface area contributed by atoms with Crippen LogP contribution in [0.4, 0.5) is 9.59 Å². The first-order valence-corrected chi connectivity index (χ1v) is 15.3. The molecule has 4 atom stereocenters. The van der Waals surface area contributed by atoms with E-state index >= 15 is 0 Å². The number of amides is 6. The summed E-state index contributed by atoms with van der Waals surface area (Å²) in [6, 6.07) is -3.36. The summed E-state index contributed by atoms with van der Waals surface area (Å²) < 4.78 is 5.45. The maximum Gasteiger partial charge on any atom is 0.410 e. The van der Waals surface area contributed by atoms with Crippen LogP contribution >= 0.6 is 0 Å². The van der Waals surface area contributed by atoms with E-state index in [4.69, 9.17) is 4.74 Å². The van der Waals surface area contributed by atoms with E-state index in [1.807, 2.05) is 20.8 Å². The van der Waals surface area contributed by atoms with Crippen LogP contribution in [0.5, 0.6) is 0 Å². The van der Waals surface area contributed by atoms with Crippen LogP contribution in [0.1, 0.15) is 69.2 Å². The lowest BCUT2D eigenvalue weighted by Crippen LogP contribution is -2.61. The Morgan fingerprint density at radius 3 is 2.02 bits per heavy atom. The summed E-state index contributed by atoms with van der Waals surface area (Å²) in [6.07, 6.45) is 4.01. The van der Waals surface area contributed by atoms with Crippen LogP contribution in [0.25, 0.3) is 0 Å².